The van der Waals surface area contributed by atoms with Gasteiger partial charge >= 0.3 is 0 Å². The van der Waals surface area contributed by atoms with E-state index in [9.17, 15) is 0 Å². The van der Waals surface area contributed by atoms with E-state index in [-0.39, 0.29) is 0 Å². The van der Waals surface area contributed by atoms with Crippen LogP contribution < -0.4 is 0 Å². The van der Waals surface area contributed by atoms with Crippen molar-refractivity contribution in [2.24, 2.45) is 0 Å². The molecule has 0 saturated carbocycles. The first-order valence-corrected chi connectivity index (χ1v) is 10.2. The first kappa shape index (κ1) is 19.1. The van der Waals surface area contributed by atoms with Crippen molar-refractivity contribution in [2.75, 3.05) is 0 Å². The van der Waals surface area contributed by atoms with Gasteiger partial charge in [-0.25, -0.2) is 9.97 Å². The number of imidazole rings is 1. The lowest BCUT2D eigenvalue weighted by Gasteiger charge is -2.09. The molecule has 0 radical (unpaired) electrons. The van der Waals surface area contributed by atoms with Gasteiger partial charge in [0, 0.05) is 57.1 Å². The zero-order valence-electron chi connectivity index (χ0n) is 15.4. The highest BCUT2D eigenvalue weighted by atomic mass is 35.5. The number of benzene rings is 2. The topological polar surface area (TPSA) is 43.1 Å². The first-order valence-electron chi connectivity index (χ1n) is 9.10. The van der Waals surface area contributed by atoms with Crippen molar-refractivity contribution in [1.29, 1.82) is 0 Å². The molecule has 146 valence electrons. The zero-order valence-corrected chi connectivity index (χ0v) is 17.7. The van der Waals surface area contributed by atoms with Crippen molar-refractivity contribution in [3.8, 4) is 33.6 Å². The Balaban J connectivity index is 1.81. The summed E-state index contributed by atoms with van der Waals surface area (Å²) in [6, 6.07) is 16.8. The Labute approximate surface area is 187 Å². The number of rotatable bonds is 3. The fourth-order valence-corrected chi connectivity index (χ4v) is 3.99. The van der Waals surface area contributed by atoms with Gasteiger partial charge in [-0.05, 0) is 36.4 Å². The van der Waals surface area contributed by atoms with Gasteiger partial charge < -0.3 is 0 Å². The van der Waals surface area contributed by atoms with E-state index in [1.54, 1.807) is 24.7 Å². The van der Waals surface area contributed by atoms with Gasteiger partial charge in [-0.3, -0.25) is 9.38 Å². The average Bonchev–Trinajstić information content (AvgIpc) is 3.13. The summed E-state index contributed by atoms with van der Waals surface area (Å²) < 4.78 is 1.95. The Bertz CT molecular complexity index is 1360. The lowest BCUT2D eigenvalue weighted by atomic mass is 10.0. The van der Waals surface area contributed by atoms with Crippen LogP contribution in [0.3, 0.4) is 0 Å². The molecule has 0 saturated heterocycles. The maximum absolute atomic E-state index is 6.59. The molecule has 4 nitrogen and oxygen atoms in total. The number of hydrogen-bond acceptors (Lipinski definition) is 3. The second-order valence-electron chi connectivity index (χ2n) is 6.69. The number of pyridine rings is 1. The minimum absolute atomic E-state index is 0.534. The van der Waals surface area contributed by atoms with Crippen LogP contribution >= 0.6 is 34.8 Å². The number of halogens is 3. The Morgan fingerprint density at radius 3 is 2.30 bits per heavy atom. The highest BCUT2D eigenvalue weighted by molar-refractivity contribution is 6.36. The molecule has 3 heterocycles. The molecule has 0 spiro atoms. The fraction of sp³-hybridized carbons (Fsp3) is 0. The molecule has 0 aliphatic heterocycles. The zero-order chi connectivity index (χ0) is 20.7. The van der Waals surface area contributed by atoms with Crippen molar-refractivity contribution in [3.63, 3.8) is 0 Å². The van der Waals surface area contributed by atoms with Crippen LogP contribution in [0.1, 0.15) is 0 Å². The highest BCUT2D eigenvalue weighted by Crippen LogP contribution is 2.38. The molecule has 5 aromatic rings. The average molecular weight is 452 g/mol. The Hall–Kier alpha value is -2.92. The summed E-state index contributed by atoms with van der Waals surface area (Å²) in [4.78, 5) is 13.6. The molecular formula is C23H13Cl3N4. The van der Waals surface area contributed by atoms with E-state index in [1.807, 2.05) is 59.1 Å². The molecule has 0 fully saturated rings. The lowest BCUT2D eigenvalue weighted by molar-refractivity contribution is 1.11. The van der Waals surface area contributed by atoms with Gasteiger partial charge in [0.05, 0.1) is 16.4 Å². The van der Waals surface area contributed by atoms with Crippen molar-refractivity contribution in [1.82, 2.24) is 19.4 Å². The first-order chi connectivity index (χ1) is 14.6. The van der Waals surface area contributed by atoms with E-state index in [1.165, 1.54) is 0 Å². The van der Waals surface area contributed by atoms with Crippen LogP contribution in [0, 0.1) is 0 Å². The molecular weight excluding hydrogens is 439 g/mol. The van der Waals surface area contributed by atoms with E-state index in [2.05, 4.69) is 9.97 Å². The van der Waals surface area contributed by atoms with Crippen molar-refractivity contribution < 1.29 is 0 Å². The van der Waals surface area contributed by atoms with Crippen molar-refractivity contribution in [2.45, 2.75) is 0 Å². The smallest absolute Gasteiger partial charge is 0.234 e. The Kier molecular flexibility index (Phi) is 4.91. The van der Waals surface area contributed by atoms with Crippen molar-refractivity contribution in [3.05, 3.63) is 94.5 Å². The van der Waals surface area contributed by atoms with E-state index >= 15 is 0 Å². The summed E-state index contributed by atoms with van der Waals surface area (Å²) in [7, 11) is 0. The van der Waals surface area contributed by atoms with E-state index in [0.29, 0.717) is 20.8 Å². The van der Waals surface area contributed by atoms with Crippen molar-refractivity contribution >= 4 is 40.6 Å². The summed E-state index contributed by atoms with van der Waals surface area (Å²) in [5.41, 5.74) is 5.18. The minimum atomic E-state index is 0.534. The molecule has 0 amide bonds. The van der Waals surface area contributed by atoms with Crippen LogP contribution in [0.2, 0.25) is 15.1 Å². The molecule has 7 heteroatoms. The molecule has 3 aromatic heterocycles. The van der Waals surface area contributed by atoms with Crippen LogP contribution in [0.4, 0.5) is 0 Å². The van der Waals surface area contributed by atoms with Gasteiger partial charge in [0.25, 0.3) is 0 Å². The van der Waals surface area contributed by atoms with E-state index in [4.69, 9.17) is 39.8 Å². The summed E-state index contributed by atoms with van der Waals surface area (Å²) in [6.45, 7) is 0. The highest BCUT2D eigenvalue weighted by Gasteiger charge is 2.19. The number of aromatic nitrogens is 4. The fourth-order valence-electron chi connectivity index (χ4n) is 3.36. The van der Waals surface area contributed by atoms with Gasteiger partial charge in [0.1, 0.15) is 0 Å². The summed E-state index contributed by atoms with van der Waals surface area (Å²) in [6.07, 6.45) is 7.32. The third-order valence-corrected chi connectivity index (χ3v) is 5.58. The molecule has 2 aromatic carbocycles. The van der Waals surface area contributed by atoms with Crippen LogP contribution in [0.5, 0.6) is 0 Å². The van der Waals surface area contributed by atoms with E-state index < -0.39 is 0 Å². The third-order valence-electron chi connectivity index (χ3n) is 4.78. The Morgan fingerprint density at radius 2 is 1.57 bits per heavy atom. The summed E-state index contributed by atoms with van der Waals surface area (Å²) in [5, 5.41) is 1.76. The monoisotopic (exact) mass is 450 g/mol. The maximum Gasteiger partial charge on any atom is 0.234 e. The molecule has 0 bridgehead atoms. The number of fused-ring (bicyclic) bond motifs is 1. The SMILES string of the molecule is Clc1ccc(-c2nc3ncc(-c4cccnc4)cn3c2-c2ccc(Cl)cc2Cl)cc1. The minimum Gasteiger partial charge on any atom is -0.282 e. The van der Waals surface area contributed by atoms with Crippen LogP contribution in [-0.4, -0.2) is 19.4 Å². The lowest BCUT2D eigenvalue weighted by Crippen LogP contribution is -1.94. The van der Waals surface area contributed by atoms with E-state index in [0.717, 1.165) is 33.6 Å². The standard InChI is InChI=1S/C23H13Cl3N4/c24-17-5-3-14(4-6-17)21-22(19-8-7-18(25)10-20(19)26)30-13-16(12-28-23(30)29-21)15-2-1-9-27-11-15/h1-13H. The van der Waals surface area contributed by atoms with Gasteiger partial charge in [-0.1, -0.05) is 53.0 Å². The molecule has 0 N–H and O–H groups in total. The second kappa shape index (κ2) is 7.73. The molecule has 0 aliphatic rings. The molecule has 0 aliphatic carbocycles. The Morgan fingerprint density at radius 1 is 0.767 bits per heavy atom. The van der Waals surface area contributed by atoms with Gasteiger partial charge in [-0.2, -0.15) is 0 Å². The normalized spacial score (nSPS) is 11.2. The predicted molar refractivity (Wildman–Crippen MR) is 122 cm³/mol. The summed E-state index contributed by atoms with van der Waals surface area (Å²) in [5.74, 6) is 0.564. The quantitative estimate of drug-likeness (QED) is 0.294. The number of nitrogens with zero attached hydrogens (tertiary/aromatic N) is 4. The van der Waals surface area contributed by atoms with Gasteiger partial charge in [-0.15, -0.1) is 0 Å². The molecule has 30 heavy (non-hydrogen) atoms. The largest absolute Gasteiger partial charge is 0.282 e. The second-order valence-corrected chi connectivity index (χ2v) is 7.97. The van der Waals surface area contributed by atoms with Gasteiger partial charge in [0.2, 0.25) is 5.78 Å². The van der Waals surface area contributed by atoms with Crippen LogP contribution in [-0.2, 0) is 0 Å². The van der Waals surface area contributed by atoms with Crippen LogP contribution in [0.15, 0.2) is 79.4 Å². The maximum atomic E-state index is 6.59. The van der Waals surface area contributed by atoms with Gasteiger partial charge in [0.15, 0.2) is 0 Å². The predicted octanol–water partition coefficient (Wildman–Crippen LogP) is 7.09. The van der Waals surface area contributed by atoms with Crippen LogP contribution in [0.25, 0.3) is 39.4 Å². The summed E-state index contributed by atoms with van der Waals surface area (Å²) >= 11 is 18.8. The number of hydrogen-bond donors (Lipinski definition) is 0. The molecule has 0 unspecified atom stereocenters. The molecule has 5 rings (SSSR count). The molecule has 0 atom stereocenters. The third kappa shape index (κ3) is 3.43.